The van der Waals surface area contributed by atoms with Crippen molar-refractivity contribution in [2.75, 3.05) is 5.75 Å². The Hall–Kier alpha value is 0.206. The molecule has 0 atom stereocenters. The number of hydrogen-bond donors (Lipinski definition) is 1. The Bertz CT molecular complexity index is 189. The van der Waals surface area contributed by atoms with Gasteiger partial charge in [-0.3, -0.25) is 4.55 Å². The summed E-state index contributed by atoms with van der Waals surface area (Å²) >= 11 is 0. The Morgan fingerprint density at radius 2 is 1.67 bits per heavy atom. The monoisotopic (exact) mass is 218 g/mol. The number of hydrogen-bond acceptors (Lipinski definition) is 2. The predicted octanol–water partition coefficient (Wildman–Crippen LogP) is 0.323. The van der Waals surface area contributed by atoms with E-state index in [1.54, 1.807) is 0 Å². The lowest BCUT2D eigenvalue weighted by molar-refractivity contribution is 0.00819. The number of alkyl halides is 3. The van der Waals surface area contributed by atoms with Crippen molar-refractivity contribution in [2.45, 2.75) is 6.68 Å². The fourth-order valence-corrected chi connectivity index (χ4v) is 0.447. The van der Waals surface area contributed by atoms with Crippen LogP contribution in [0.3, 0.4) is 0 Å². The average Bonchev–Trinajstić information content (AvgIpc) is 1.58. The summed E-state index contributed by atoms with van der Waals surface area (Å²) in [7, 11) is -3.79. The molecule has 0 aliphatic rings. The fourth-order valence-electron chi connectivity index (χ4n) is 0.149. The Morgan fingerprint density at radius 1 is 1.42 bits per heavy atom. The van der Waals surface area contributed by atoms with Crippen molar-refractivity contribution in [1.82, 2.24) is 0 Å². The van der Waals surface area contributed by atoms with Gasteiger partial charge < -0.3 is 0 Å². The van der Waals surface area contributed by atoms with Crippen LogP contribution in [-0.4, -0.2) is 48.5 Å². The SMILES string of the molecule is C=CCS(=O)(=O)O.FC(F)F.[MgH2]. The molecule has 0 radical (unpaired) electrons. The lowest BCUT2D eigenvalue weighted by Gasteiger charge is -1.82. The Morgan fingerprint density at radius 3 is 1.67 bits per heavy atom. The van der Waals surface area contributed by atoms with E-state index in [4.69, 9.17) is 4.55 Å². The van der Waals surface area contributed by atoms with Gasteiger partial charge in [0, 0.05) is 0 Å². The van der Waals surface area contributed by atoms with Crippen LogP contribution in [-0.2, 0) is 10.1 Å². The van der Waals surface area contributed by atoms with E-state index in [9.17, 15) is 21.6 Å². The average molecular weight is 218 g/mol. The van der Waals surface area contributed by atoms with Gasteiger partial charge in [0.1, 0.15) is 0 Å². The van der Waals surface area contributed by atoms with Crippen molar-refractivity contribution >= 4 is 33.2 Å². The maximum absolute atomic E-state index is 9.72. The first-order valence-corrected chi connectivity index (χ1v) is 3.88. The summed E-state index contributed by atoms with van der Waals surface area (Å²) in [5.41, 5.74) is 0. The second kappa shape index (κ2) is 9.30. The lowest BCUT2D eigenvalue weighted by Crippen LogP contribution is -1.99. The van der Waals surface area contributed by atoms with Crippen molar-refractivity contribution < 1.29 is 26.1 Å². The van der Waals surface area contributed by atoms with Crippen LogP contribution in [0.2, 0.25) is 0 Å². The van der Waals surface area contributed by atoms with Gasteiger partial charge in [0.05, 0.1) is 5.75 Å². The van der Waals surface area contributed by atoms with E-state index >= 15 is 0 Å². The highest BCUT2D eigenvalue weighted by molar-refractivity contribution is 7.85. The standard InChI is InChI=1S/C3H6O3S.CHF3.Mg.2H/c1-2-3-7(4,5)6;2-1(3)4;;;/h2H,1,3H2,(H,4,5,6);1H;;;. The molecule has 0 aromatic carbocycles. The number of halogens is 3. The third-order valence-electron chi connectivity index (χ3n) is 0.328. The van der Waals surface area contributed by atoms with Crippen LogP contribution in [0.25, 0.3) is 0 Å². The van der Waals surface area contributed by atoms with Gasteiger partial charge in [0.2, 0.25) is 0 Å². The second-order valence-electron chi connectivity index (χ2n) is 1.28. The van der Waals surface area contributed by atoms with E-state index in [1.807, 2.05) is 0 Å². The molecule has 0 aliphatic heterocycles. The van der Waals surface area contributed by atoms with E-state index < -0.39 is 16.8 Å². The molecule has 0 aromatic heterocycles. The topological polar surface area (TPSA) is 54.4 Å². The molecular weight excluding hydrogens is 209 g/mol. The summed E-state index contributed by atoms with van der Waals surface area (Å²) in [6.45, 7) is -0.560. The Labute approximate surface area is 84.5 Å². The van der Waals surface area contributed by atoms with Gasteiger partial charge in [-0.05, 0) is 0 Å². The van der Waals surface area contributed by atoms with Gasteiger partial charge in [0.25, 0.3) is 10.1 Å². The van der Waals surface area contributed by atoms with E-state index in [-0.39, 0.29) is 28.8 Å². The largest absolute Gasteiger partial charge is 0.379 e. The van der Waals surface area contributed by atoms with Gasteiger partial charge in [-0.2, -0.15) is 21.6 Å². The Balaban J connectivity index is -0.000000142. The highest BCUT2D eigenvalue weighted by Crippen LogP contribution is 1.87. The molecule has 0 spiro atoms. The molecule has 0 aliphatic carbocycles. The van der Waals surface area contributed by atoms with Crippen molar-refractivity contribution in [3.8, 4) is 0 Å². The normalized spacial score (nSPS) is 9.42. The van der Waals surface area contributed by atoms with Gasteiger partial charge in [-0.15, -0.1) is 6.58 Å². The third kappa shape index (κ3) is 48.9. The summed E-state index contributed by atoms with van der Waals surface area (Å²) < 4.78 is 56.3. The molecule has 0 saturated carbocycles. The quantitative estimate of drug-likeness (QED) is 0.413. The van der Waals surface area contributed by atoms with E-state index in [0.717, 1.165) is 6.08 Å². The van der Waals surface area contributed by atoms with Crippen molar-refractivity contribution in [3.63, 3.8) is 0 Å². The molecule has 0 unspecified atom stereocenters. The van der Waals surface area contributed by atoms with Gasteiger partial charge in [-0.1, -0.05) is 6.08 Å². The molecule has 0 fully saturated rings. The van der Waals surface area contributed by atoms with E-state index in [2.05, 4.69) is 6.58 Å². The Kier molecular flexibility index (Phi) is 14.0. The molecule has 12 heavy (non-hydrogen) atoms. The van der Waals surface area contributed by atoms with Crippen LogP contribution < -0.4 is 0 Å². The van der Waals surface area contributed by atoms with Gasteiger partial charge in [-0.25, -0.2) is 0 Å². The maximum atomic E-state index is 9.72. The summed E-state index contributed by atoms with van der Waals surface area (Å²) in [4.78, 5) is 0. The van der Waals surface area contributed by atoms with E-state index in [1.165, 1.54) is 0 Å². The summed E-state index contributed by atoms with van der Waals surface area (Å²) in [6, 6.07) is 0. The molecule has 0 amide bonds. The van der Waals surface area contributed by atoms with Crippen LogP contribution in [0, 0.1) is 0 Å². The zero-order valence-electron chi connectivity index (χ0n) is 5.37. The molecule has 1 N–H and O–H groups in total. The van der Waals surface area contributed by atoms with Crippen molar-refractivity contribution in [1.29, 1.82) is 0 Å². The first-order valence-electron chi connectivity index (χ1n) is 2.28. The molecule has 8 heteroatoms. The first-order chi connectivity index (χ1) is 4.79. The minimum Gasteiger partial charge on any atom is -0.285 e. The molecule has 0 aromatic rings. The number of rotatable bonds is 2. The van der Waals surface area contributed by atoms with Crippen LogP contribution in [0.1, 0.15) is 0 Å². The highest BCUT2D eigenvalue weighted by atomic mass is 32.2. The lowest BCUT2D eigenvalue weighted by atomic mass is 10.8. The summed E-state index contributed by atoms with van der Waals surface area (Å²) in [5, 5.41) is 0. The van der Waals surface area contributed by atoms with Crippen molar-refractivity contribution in [2.24, 2.45) is 0 Å². The molecule has 0 bridgehead atoms. The van der Waals surface area contributed by atoms with Gasteiger partial charge in [0.15, 0.2) is 0 Å². The minimum atomic E-state index is -3.79. The predicted molar refractivity (Wildman–Crippen MR) is 42.3 cm³/mol. The molecule has 72 valence electrons. The first kappa shape index (κ1) is 18.1. The molecule has 0 saturated heterocycles. The van der Waals surface area contributed by atoms with Crippen LogP contribution >= 0.6 is 0 Å². The van der Waals surface area contributed by atoms with Crippen molar-refractivity contribution in [3.05, 3.63) is 12.7 Å². The minimum absolute atomic E-state index is 0. The highest BCUT2D eigenvalue weighted by Gasteiger charge is 1.95. The third-order valence-corrected chi connectivity index (χ3v) is 0.985. The molecule has 0 heterocycles. The zero-order valence-corrected chi connectivity index (χ0v) is 6.19. The molecule has 3 nitrogen and oxygen atoms in total. The van der Waals surface area contributed by atoms with Crippen LogP contribution in [0.5, 0.6) is 0 Å². The second-order valence-corrected chi connectivity index (χ2v) is 2.78. The zero-order chi connectivity index (χ0) is 9.49. The summed E-state index contributed by atoms with van der Waals surface area (Å²) in [6.07, 6.45) is 1.12. The van der Waals surface area contributed by atoms with Gasteiger partial charge >= 0.3 is 29.7 Å². The van der Waals surface area contributed by atoms with E-state index in [0.29, 0.717) is 0 Å². The van der Waals surface area contributed by atoms with Crippen LogP contribution in [0.4, 0.5) is 13.2 Å². The summed E-state index contributed by atoms with van der Waals surface area (Å²) in [5.74, 6) is -0.368. The molecular formula is C4H9F3MgO3S. The molecule has 0 rings (SSSR count). The maximum Gasteiger partial charge on any atom is 0.379 e. The van der Waals surface area contributed by atoms with Crippen LogP contribution in [0.15, 0.2) is 12.7 Å². The smallest absolute Gasteiger partial charge is 0.285 e. The fraction of sp³-hybridized carbons (Fsp3) is 0.500.